The van der Waals surface area contributed by atoms with Crippen LogP contribution in [0, 0.1) is 5.92 Å². The molecule has 1 aliphatic rings. The highest BCUT2D eigenvalue weighted by molar-refractivity contribution is 5.65. The van der Waals surface area contributed by atoms with Crippen molar-refractivity contribution in [2.24, 2.45) is 5.92 Å². The summed E-state index contributed by atoms with van der Waals surface area (Å²) in [5, 5.41) is 0. The summed E-state index contributed by atoms with van der Waals surface area (Å²) in [5.74, 6) is 2.20. The number of nitrogens with two attached hydrogens (primary N) is 1. The van der Waals surface area contributed by atoms with Crippen molar-refractivity contribution in [3.8, 4) is 0 Å². The van der Waals surface area contributed by atoms with E-state index >= 15 is 0 Å². The largest absolute Gasteiger partial charge is 0.382 e. The molecule has 1 saturated carbocycles. The van der Waals surface area contributed by atoms with Crippen molar-refractivity contribution >= 4 is 17.3 Å². The molecule has 0 atom stereocenters. The van der Waals surface area contributed by atoms with Gasteiger partial charge in [0.25, 0.3) is 0 Å². The Hall–Kier alpha value is -1.78. The molecule has 0 spiro atoms. The van der Waals surface area contributed by atoms with Crippen LogP contribution in [0.25, 0.3) is 5.65 Å². The Morgan fingerprint density at radius 3 is 3.00 bits per heavy atom. The zero-order valence-electron chi connectivity index (χ0n) is 10.7. The van der Waals surface area contributed by atoms with Crippen molar-refractivity contribution in [3.05, 3.63) is 18.6 Å². The van der Waals surface area contributed by atoms with Gasteiger partial charge in [-0.1, -0.05) is 12.8 Å². The van der Waals surface area contributed by atoms with Crippen LogP contribution in [0.15, 0.2) is 18.6 Å². The van der Waals surface area contributed by atoms with E-state index in [9.17, 15) is 0 Å². The third kappa shape index (κ3) is 2.00. The van der Waals surface area contributed by atoms with Crippen LogP contribution in [0.3, 0.4) is 0 Å². The van der Waals surface area contributed by atoms with Gasteiger partial charge >= 0.3 is 0 Å². The molecule has 5 nitrogen and oxygen atoms in total. The number of hydrogen-bond acceptors (Lipinski definition) is 4. The lowest BCUT2D eigenvalue weighted by Crippen LogP contribution is -2.25. The first-order valence-corrected chi connectivity index (χ1v) is 6.54. The molecule has 2 aromatic rings. The average molecular weight is 245 g/mol. The summed E-state index contributed by atoms with van der Waals surface area (Å²) in [6, 6.07) is 0. The van der Waals surface area contributed by atoms with E-state index in [-0.39, 0.29) is 0 Å². The highest BCUT2D eigenvalue weighted by atomic mass is 15.2. The van der Waals surface area contributed by atoms with E-state index in [1.807, 2.05) is 10.6 Å². The molecular weight excluding hydrogens is 226 g/mol. The molecule has 0 radical (unpaired) electrons. The third-order valence-corrected chi connectivity index (χ3v) is 3.74. The smallest absolute Gasteiger partial charge is 0.180 e. The monoisotopic (exact) mass is 245 g/mol. The molecule has 1 aliphatic carbocycles. The number of nitrogens with zero attached hydrogens (tertiary/aromatic N) is 4. The predicted molar refractivity (Wildman–Crippen MR) is 72.6 cm³/mol. The molecule has 2 aromatic heterocycles. The first kappa shape index (κ1) is 11.3. The number of fused-ring (bicyclic) bond motifs is 1. The number of hydrogen-bond donors (Lipinski definition) is 1. The van der Waals surface area contributed by atoms with Crippen molar-refractivity contribution in [1.29, 1.82) is 0 Å². The maximum atomic E-state index is 5.84. The zero-order valence-corrected chi connectivity index (χ0v) is 10.7. The van der Waals surface area contributed by atoms with Crippen LogP contribution in [0.4, 0.5) is 11.6 Å². The van der Waals surface area contributed by atoms with Gasteiger partial charge in [0.1, 0.15) is 5.82 Å². The molecule has 5 heteroatoms. The summed E-state index contributed by atoms with van der Waals surface area (Å²) in [5.41, 5.74) is 6.72. The molecule has 2 heterocycles. The van der Waals surface area contributed by atoms with E-state index in [1.165, 1.54) is 25.7 Å². The van der Waals surface area contributed by atoms with Gasteiger partial charge in [0.15, 0.2) is 11.5 Å². The van der Waals surface area contributed by atoms with Crippen LogP contribution in [-0.4, -0.2) is 28.0 Å². The van der Waals surface area contributed by atoms with Gasteiger partial charge < -0.3 is 15.0 Å². The Balaban J connectivity index is 1.89. The highest BCUT2D eigenvalue weighted by Gasteiger charge is 2.19. The number of imidazole rings is 1. The molecule has 96 valence electrons. The minimum absolute atomic E-state index is 0.536. The Bertz CT molecular complexity index is 541. The first-order valence-electron chi connectivity index (χ1n) is 6.54. The van der Waals surface area contributed by atoms with E-state index in [4.69, 9.17) is 5.73 Å². The Kier molecular flexibility index (Phi) is 2.81. The molecule has 0 aliphatic heterocycles. The topological polar surface area (TPSA) is 59.5 Å². The van der Waals surface area contributed by atoms with Crippen LogP contribution < -0.4 is 10.6 Å². The zero-order chi connectivity index (χ0) is 12.5. The Morgan fingerprint density at radius 2 is 2.22 bits per heavy atom. The van der Waals surface area contributed by atoms with Crippen molar-refractivity contribution < 1.29 is 0 Å². The molecule has 0 amide bonds. The normalized spacial score (nSPS) is 16.5. The van der Waals surface area contributed by atoms with Gasteiger partial charge in [-0.15, -0.1) is 0 Å². The molecule has 0 aromatic carbocycles. The number of aromatic nitrogens is 3. The van der Waals surface area contributed by atoms with E-state index in [0.717, 1.165) is 23.9 Å². The fourth-order valence-electron chi connectivity index (χ4n) is 2.86. The number of anilines is 2. The van der Waals surface area contributed by atoms with E-state index in [0.29, 0.717) is 5.82 Å². The van der Waals surface area contributed by atoms with E-state index < -0.39 is 0 Å². The molecule has 0 bridgehead atoms. The molecule has 1 fully saturated rings. The molecule has 18 heavy (non-hydrogen) atoms. The maximum absolute atomic E-state index is 5.84. The molecule has 3 rings (SSSR count). The minimum Gasteiger partial charge on any atom is -0.382 e. The van der Waals surface area contributed by atoms with Crippen molar-refractivity contribution in [2.75, 3.05) is 24.2 Å². The minimum atomic E-state index is 0.536. The summed E-state index contributed by atoms with van der Waals surface area (Å²) in [4.78, 5) is 11.0. The number of nitrogen functional groups attached to an aromatic ring is 1. The predicted octanol–water partition coefficient (Wildman–Crippen LogP) is 1.94. The van der Waals surface area contributed by atoms with Gasteiger partial charge in [0.2, 0.25) is 0 Å². The van der Waals surface area contributed by atoms with Crippen LogP contribution in [0.1, 0.15) is 25.7 Å². The summed E-state index contributed by atoms with van der Waals surface area (Å²) < 4.78 is 1.93. The van der Waals surface area contributed by atoms with Gasteiger partial charge in [-0.25, -0.2) is 9.97 Å². The quantitative estimate of drug-likeness (QED) is 0.897. The fraction of sp³-hybridized carbons (Fsp3) is 0.538. The molecule has 0 unspecified atom stereocenters. The lowest BCUT2D eigenvalue weighted by molar-refractivity contribution is 0.545. The molecular formula is C13H19N5. The summed E-state index contributed by atoms with van der Waals surface area (Å²) in [6.45, 7) is 1.04. The second-order valence-electron chi connectivity index (χ2n) is 5.18. The fourth-order valence-corrected chi connectivity index (χ4v) is 2.86. The second-order valence-corrected chi connectivity index (χ2v) is 5.18. The van der Waals surface area contributed by atoms with Crippen LogP contribution in [0.2, 0.25) is 0 Å². The SMILES string of the molecule is CN(CC1CCCC1)c1nc(N)cn2ccnc12. The van der Waals surface area contributed by atoms with Gasteiger partial charge in [-0.3, -0.25) is 0 Å². The lowest BCUT2D eigenvalue weighted by atomic mass is 10.1. The highest BCUT2D eigenvalue weighted by Crippen LogP contribution is 2.27. The Morgan fingerprint density at radius 1 is 1.44 bits per heavy atom. The molecule has 0 saturated heterocycles. The Labute approximate surface area is 107 Å². The van der Waals surface area contributed by atoms with Crippen LogP contribution in [0.5, 0.6) is 0 Å². The summed E-state index contributed by atoms with van der Waals surface area (Å²) in [6.07, 6.45) is 10.9. The van der Waals surface area contributed by atoms with Crippen molar-refractivity contribution in [3.63, 3.8) is 0 Å². The van der Waals surface area contributed by atoms with Crippen molar-refractivity contribution in [2.45, 2.75) is 25.7 Å². The van der Waals surface area contributed by atoms with Gasteiger partial charge in [-0.2, -0.15) is 0 Å². The first-order chi connectivity index (χ1) is 8.74. The second kappa shape index (κ2) is 4.48. The third-order valence-electron chi connectivity index (χ3n) is 3.74. The van der Waals surface area contributed by atoms with Gasteiger partial charge in [0.05, 0.1) is 6.20 Å². The number of rotatable bonds is 3. The summed E-state index contributed by atoms with van der Waals surface area (Å²) in [7, 11) is 2.08. The lowest BCUT2D eigenvalue weighted by Gasteiger charge is -2.22. The molecule has 2 N–H and O–H groups in total. The van der Waals surface area contributed by atoms with Crippen molar-refractivity contribution in [1.82, 2.24) is 14.4 Å². The summed E-state index contributed by atoms with van der Waals surface area (Å²) >= 11 is 0. The van der Waals surface area contributed by atoms with Crippen LogP contribution in [-0.2, 0) is 0 Å². The van der Waals surface area contributed by atoms with Gasteiger partial charge in [0, 0.05) is 26.0 Å². The van der Waals surface area contributed by atoms with Crippen LogP contribution >= 0.6 is 0 Å². The van der Waals surface area contributed by atoms with Gasteiger partial charge in [-0.05, 0) is 18.8 Å². The maximum Gasteiger partial charge on any atom is 0.180 e. The van der Waals surface area contributed by atoms with E-state index in [1.54, 1.807) is 12.4 Å². The standard InChI is InChI=1S/C13H19N5/c1-17(8-10-4-2-3-5-10)13-12-15-6-7-18(12)9-11(14)16-13/h6-7,9-10H,2-5,8,14H2,1H3. The average Bonchev–Trinajstić information content (AvgIpc) is 2.97. The van der Waals surface area contributed by atoms with E-state index in [2.05, 4.69) is 21.9 Å².